The number of carbonyl (C=O) groups excluding carboxylic acids is 1. The highest BCUT2D eigenvalue weighted by atomic mass is 16.5. The molecular weight excluding hydrogens is 378 g/mol. The molecule has 5 heteroatoms. The van der Waals surface area contributed by atoms with Gasteiger partial charge in [-0.3, -0.25) is 4.79 Å². The molecule has 0 spiro atoms. The molecule has 0 fully saturated rings. The Morgan fingerprint density at radius 1 is 0.933 bits per heavy atom. The van der Waals surface area contributed by atoms with Crippen LogP contribution in [-0.2, 0) is 20.4 Å². The van der Waals surface area contributed by atoms with Crippen LogP contribution < -0.4 is 10.1 Å². The minimum Gasteiger partial charge on any atom is -0.478 e. The van der Waals surface area contributed by atoms with Crippen molar-refractivity contribution in [2.24, 2.45) is 0 Å². The predicted octanol–water partition coefficient (Wildman–Crippen LogP) is 5.39. The summed E-state index contributed by atoms with van der Waals surface area (Å²) in [5.74, 6) is -0.0411. The summed E-state index contributed by atoms with van der Waals surface area (Å²) in [7, 11) is 0. The molecule has 2 aromatic carbocycles. The van der Waals surface area contributed by atoms with E-state index in [1.165, 1.54) is 18.1 Å². The summed E-state index contributed by atoms with van der Waals surface area (Å²) < 4.78 is 6.08. The van der Waals surface area contributed by atoms with Gasteiger partial charge in [0.2, 0.25) is 5.91 Å². The molecule has 1 aliphatic carbocycles. The van der Waals surface area contributed by atoms with Crippen molar-refractivity contribution in [3.8, 4) is 11.5 Å². The van der Waals surface area contributed by atoms with Gasteiger partial charge in [-0.05, 0) is 76.8 Å². The van der Waals surface area contributed by atoms with Crippen molar-refractivity contribution in [2.75, 3.05) is 0 Å². The van der Waals surface area contributed by atoms with Gasteiger partial charge in [-0.25, -0.2) is 4.79 Å². The Balaban J connectivity index is 1.86. The van der Waals surface area contributed by atoms with Gasteiger partial charge in [0, 0.05) is 13.0 Å². The first kappa shape index (κ1) is 21.6. The van der Waals surface area contributed by atoms with Crippen molar-refractivity contribution < 1.29 is 19.4 Å². The van der Waals surface area contributed by atoms with Crippen LogP contribution in [-0.4, -0.2) is 17.0 Å². The molecule has 0 saturated carbocycles. The highest BCUT2D eigenvalue weighted by Gasteiger charge is 2.37. The minimum absolute atomic E-state index is 0.100. The molecule has 2 aromatic rings. The molecule has 30 heavy (non-hydrogen) atoms. The number of carboxylic acid groups (broad SMARTS) is 1. The van der Waals surface area contributed by atoms with Crippen LogP contribution in [0.25, 0.3) is 5.70 Å². The molecule has 0 aliphatic heterocycles. The Bertz CT molecular complexity index is 1000. The zero-order valence-electron chi connectivity index (χ0n) is 18.2. The molecule has 0 atom stereocenters. The summed E-state index contributed by atoms with van der Waals surface area (Å²) in [5.41, 5.74) is 3.78. The van der Waals surface area contributed by atoms with Crippen molar-refractivity contribution in [1.29, 1.82) is 0 Å². The van der Waals surface area contributed by atoms with Crippen LogP contribution in [0, 0.1) is 0 Å². The maximum atomic E-state index is 11.4. The Morgan fingerprint density at radius 2 is 1.50 bits per heavy atom. The monoisotopic (exact) mass is 407 g/mol. The van der Waals surface area contributed by atoms with E-state index in [0.717, 1.165) is 24.7 Å². The van der Waals surface area contributed by atoms with Gasteiger partial charge < -0.3 is 15.2 Å². The second-order valence-electron chi connectivity index (χ2n) is 9.18. The average molecular weight is 408 g/mol. The van der Waals surface area contributed by atoms with Crippen molar-refractivity contribution in [3.63, 3.8) is 0 Å². The van der Waals surface area contributed by atoms with Crippen molar-refractivity contribution in [2.45, 2.75) is 58.3 Å². The first-order valence-corrected chi connectivity index (χ1v) is 10.1. The number of carboxylic acids is 1. The van der Waals surface area contributed by atoms with Crippen LogP contribution in [0.15, 0.2) is 48.5 Å². The van der Waals surface area contributed by atoms with Gasteiger partial charge in [0.15, 0.2) is 0 Å². The minimum atomic E-state index is -1.13. The maximum Gasteiger partial charge on any atom is 0.330 e. The van der Waals surface area contributed by atoms with E-state index in [4.69, 9.17) is 9.84 Å². The summed E-state index contributed by atoms with van der Waals surface area (Å²) in [6.45, 7) is 10.5. The Labute approximate surface area is 177 Å². The number of carbonyl (C=O) groups is 2. The molecule has 1 aliphatic rings. The van der Waals surface area contributed by atoms with Gasteiger partial charge in [0.1, 0.15) is 11.5 Å². The number of fused-ring (bicyclic) bond motifs is 1. The highest BCUT2D eigenvalue weighted by molar-refractivity contribution is 5.94. The third-order valence-corrected chi connectivity index (χ3v) is 5.80. The standard InChI is InChI=1S/C25H29NO4/c1-16(27)26-22(15-23(28)29)17-6-8-18(9-7-17)30-19-10-11-20-21(14-19)25(4,5)13-12-24(20,2)3/h6-11,14-15H,12-13H2,1-5H3,(H,26,27)(H,28,29). The molecule has 0 saturated heterocycles. The van der Waals surface area contributed by atoms with Gasteiger partial charge in [-0.2, -0.15) is 0 Å². The number of nitrogens with one attached hydrogen (secondary N) is 1. The lowest BCUT2D eigenvalue weighted by atomic mass is 9.63. The van der Waals surface area contributed by atoms with Crippen molar-refractivity contribution >= 4 is 17.6 Å². The van der Waals surface area contributed by atoms with Crippen molar-refractivity contribution in [1.82, 2.24) is 5.32 Å². The van der Waals surface area contributed by atoms with E-state index < -0.39 is 5.97 Å². The lowest BCUT2D eigenvalue weighted by molar-refractivity contribution is -0.131. The van der Waals surface area contributed by atoms with Gasteiger partial charge in [-0.1, -0.05) is 33.8 Å². The zero-order valence-corrected chi connectivity index (χ0v) is 18.2. The fraction of sp³-hybridized carbons (Fsp3) is 0.360. The van der Waals surface area contributed by atoms with E-state index in [9.17, 15) is 9.59 Å². The van der Waals surface area contributed by atoms with Crippen LogP contribution in [0.2, 0.25) is 0 Å². The summed E-state index contributed by atoms with van der Waals surface area (Å²) in [6, 6.07) is 13.3. The fourth-order valence-electron chi connectivity index (χ4n) is 3.97. The third-order valence-electron chi connectivity index (χ3n) is 5.80. The van der Waals surface area contributed by atoms with Gasteiger partial charge in [0.25, 0.3) is 0 Å². The summed E-state index contributed by atoms with van der Waals surface area (Å²) in [4.78, 5) is 22.4. The molecule has 2 N–H and O–H groups in total. The largest absolute Gasteiger partial charge is 0.478 e. The SMILES string of the molecule is CC(=O)NC(=CC(=O)O)c1ccc(Oc2ccc3c(c2)C(C)(C)CCC3(C)C)cc1. The lowest BCUT2D eigenvalue weighted by Gasteiger charge is -2.41. The second-order valence-corrected chi connectivity index (χ2v) is 9.18. The number of aliphatic carboxylic acids is 1. The van der Waals surface area contributed by atoms with E-state index in [0.29, 0.717) is 11.3 Å². The smallest absolute Gasteiger partial charge is 0.330 e. The van der Waals surface area contributed by atoms with E-state index in [2.05, 4.69) is 45.1 Å². The van der Waals surface area contributed by atoms with E-state index in [1.54, 1.807) is 24.3 Å². The first-order valence-electron chi connectivity index (χ1n) is 10.1. The molecule has 0 radical (unpaired) electrons. The van der Waals surface area contributed by atoms with Gasteiger partial charge in [-0.15, -0.1) is 0 Å². The van der Waals surface area contributed by atoms with Gasteiger partial charge >= 0.3 is 5.97 Å². The third kappa shape index (κ3) is 4.73. The van der Waals surface area contributed by atoms with Crippen LogP contribution in [0.4, 0.5) is 0 Å². The molecule has 0 aromatic heterocycles. The van der Waals surface area contributed by atoms with Crippen LogP contribution in [0.3, 0.4) is 0 Å². The number of ether oxygens (including phenoxy) is 1. The fourth-order valence-corrected chi connectivity index (χ4v) is 3.97. The first-order chi connectivity index (χ1) is 14.0. The predicted molar refractivity (Wildman–Crippen MR) is 118 cm³/mol. The number of benzene rings is 2. The Morgan fingerprint density at radius 3 is 2.07 bits per heavy atom. The molecule has 158 valence electrons. The maximum absolute atomic E-state index is 11.4. The van der Waals surface area contributed by atoms with Crippen LogP contribution in [0.5, 0.6) is 11.5 Å². The quantitative estimate of drug-likeness (QED) is 0.652. The molecule has 3 rings (SSSR count). The van der Waals surface area contributed by atoms with Crippen LogP contribution in [0.1, 0.15) is 64.2 Å². The molecule has 1 amide bonds. The molecule has 0 unspecified atom stereocenters. The molecule has 5 nitrogen and oxygen atoms in total. The number of rotatable bonds is 5. The van der Waals surface area contributed by atoms with Crippen molar-refractivity contribution in [3.05, 3.63) is 65.2 Å². The van der Waals surface area contributed by atoms with E-state index >= 15 is 0 Å². The average Bonchev–Trinajstić information content (AvgIpc) is 2.65. The summed E-state index contributed by atoms with van der Waals surface area (Å²) in [6.07, 6.45) is 3.27. The van der Waals surface area contributed by atoms with Gasteiger partial charge in [0.05, 0.1) is 5.70 Å². The number of hydrogen-bond acceptors (Lipinski definition) is 3. The second kappa shape index (κ2) is 7.98. The topological polar surface area (TPSA) is 75.6 Å². The molecule has 0 heterocycles. The number of amides is 1. The summed E-state index contributed by atoms with van der Waals surface area (Å²) in [5, 5.41) is 11.6. The Kier molecular flexibility index (Phi) is 5.75. The highest BCUT2D eigenvalue weighted by Crippen LogP contribution is 2.47. The summed E-state index contributed by atoms with van der Waals surface area (Å²) >= 11 is 0. The number of hydrogen-bond donors (Lipinski definition) is 2. The van der Waals surface area contributed by atoms with Crippen LogP contribution >= 0.6 is 0 Å². The normalized spacial score (nSPS) is 17.0. The lowest BCUT2D eigenvalue weighted by Crippen LogP contribution is -2.33. The zero-order chi connectivity index (χ0) is 22.1. The molecular formula is C25H29NO4. The van der Waals surface area contributed by atoms with E-state index in [1.807, 2.05) is 6.07 Å². The Hall–Kier alpha value is -3.08. The van der Waals surface area contributed by atoms with E-state index in [-0.39, 0.29) is 22.4 Å². The molecule has 0 bridgehead atoms.